The van der Waals surface area contributed by atoms with Gasteiger partial charge in [0.2, 0.25) is 0 Å². The number of para-hydroxylation sites is 1. The smallest absolute Gasteiger partial charge is 0.140 e. The van der Waals surface area contributed by atoms with E-state index in [0.717, 1.165) is 12.5 Å². The highest BCUT2D eigenvalue weighted by molar-refractivity contribution is 8.16. The van der Waals surface area contributed by atoms with Crippen molar-refractivity contribution in [3.05, 3.63) is 24.3 Å². The molecule has 0 saturated heterocycles. The van der Waals surface area contributed by atoms with Crippen molar-refractivity contribution in [1.82, 2.24) is 0 Å². The lowest BCUT2D eigenvalue weighted by molar-refractivity contribution is 0.451. The van der Waals surface area contributed by atoms with Gasteiger partial charge in [-0.15, -0.1) is 0 Å². The Morgan fingerprint density at radius 1 is 1.37 bits per heavy atom. The number of nitrogens with zero attached hydrogens (tertiary/aromatic N) is 1. The van der Waals surface area contributed by atoms with Crippen LogP contribution in [0.15, 0.2) is 29.2 Å². The topological polar surface area (TPSA) is 29.3 Å². The highest BCUT2D eigenvalue weighted by Gasteiger charge is 2.30. The van der Waals surface area contributed by atoms with Crippen LogP contribution in [0.5, 0.6) is 0 Å². The molecule has 1 aliphatic rings. The van der Waals surface area contributed by atoms with E-state index < -0.39 is 0 Å². The molecule has 2 nitrogen and oxygen atoms in total. The molecule has 2 N–H and O–H groups in total. The van der Waals surface area contributed by atoms with Gasteiger partial charge in [0, 0.05) is 11.4 Å². The molecule has 0 radical (unpaired) electrons. The van der Waals surface area contributed by atoms with E-state index in [4.69, 9.17) is 5.14 Å². The van der Waals surface area contributed by atoms with E-state index in [2.05, 4.69) is 43.0 Å². The molecule has 1 heterocycles. The average Bonchev–Trinajstić information content (AvgIpc) is 2.81. The number of nitrogens with two attached hydrogens (primary N) is 1. The van der Waals surface area contributed by atoms with Gasteiger partial charge >= 0.3 is 0 Å². The lowest BCUT2D eigenvalue weighted by Crippen LogP contribution is -2.33. The minimum absolute atomic E-state index is 0.341. The molecule has 0 amide bonds. The van der Waals surface area contributed by atoms with Crippen molar-refractivity contribution in [3.8, 4) is 0 Å². The predicted molar refractivity (Wildman–Crippen MR) is 88.5 cm³/mol. The number of benzene rings is 1. The Bertz CT molecular complexity index is 397. The largest absolute Gasteiger partial charge is 0.348 e. The average molecular weight is 297 g/mol. The fraction of sp³-hybridized carbons (Fsp3) is 0.600. The Balaban J connectivity index is 2.08. The number of rotatable bonds is 7. The van der Waals surface area contributed by atoms with Crippen molar-refractivity contribution >= 4 is 29.4 Å². The van der Waals surface area contributed by atoms with Crippen molar-refractivity contribution in [1.29, 1.82) is 0 Å². The first-order valence-electron chi connectivity index (χ1n) is 7.18. The van der Waals surface area contributed by atoms with Crippen LogP contribution in [0.25, 0.3) is 0 Å². The summed E-state index contributed by atoms with van der Waals surface area (Å²) in [5.41, 5.74) is 1.37. The highest BCUT2D eigenvalue weighted by atomic mass is 32.2. The third-order valence-corrected chi connectivity index (χ3v) is 5.94. The summed E-state index contributed by atoms with van der Waals surface area (Å²) in [7, 11) is 0. The molecule has 0 spiro atoms. The van der Waals surface area contributed by atoms with E-state index in [1.54, 1.807) is 0 Å². The maximum absolute atomic E-state index is 5.88. The summed E-state index contributed by atoms with van der Waals surface area (Å²) in [6, 6.07) is 8.67. The normalized spacial score (nSPS) is 19.5. The van der Waals surface area contributed by atoms with Crippen LogP contribution >= 0.6 is 23.7 Å². The van der Waals surface area contributed by atoms with Crippen molar-refractivity contribution in [2.75, 3.05) is 11.4 Å². The maximum atomic E-state index is 5.88. The predicted octanol–water partition coefficient (Wildman–Crippen LogP) is 4.71. The van der Waals surface area contributed by atoms with Gasteiger partial charge in [0.1, 0.15) is 4.71 Å². The van der Waals surface area contributed by atoms with E-state index in [0.29, 0.717) is 4.71 Å². The van der Waals surface area contributed by atoms with E-state index in [1.807, 2.05) is 11.8 Å². The van der Waals surface area contributed by atoms with Crippen molar-refractivity contribution in [3.63, 3.8) is 0 Å². The minimum Gasteiger partial charge on any atom is -0.348 e. The van der Waals surface area contributed by atoms with Gasteiger partial charge in [-0.1, -0.05) is 57.0 Å². The van der Waals surface area contributed by atoms with Crippen LogP contribution in [-0.4, -0.2) is 11.3 Å². The van der Waals surface area contributed by atoms with Crippen LogP contribution < -0.4 is 10.0 Å². The van der Waals surface area contributed by atoms with E-state index in [9.17, 15) is 0 Å². The second-order valence-corrected chi connectivity index (χ2v) is 7.24. The zero-order valence-electron chi connectivity index (χ0n) is 11.8. The van der Waals surface area contributed by atoms with Gasteiger partial charge in [-0.2, -0.15) is 0 Å². The standard InChI is InChI=1S/C15H24N2S2/c1-3-5-8-12(4-2)11-17-13-9-6-7-10-14(13)18-15(17)19-16/h6-7,9-10,12,15H,3-5,8,11,16H2,1-2H3. The first kappa shape index (κ1) is 15.1. The molecule has 2 rings (SSSR count). The first-order chi connectivity index (χ1) is 9.30. The van der Waals surface area contributed by atoms with Gasteiger partial charge in [-0.25, -0.2) is 0 Å². The fourth-order valence-corrected chi connectivity index (χ4v) is 4.45. The Morgan fingerprint density at radius 3 is 2.84 bits per heavy atom. The maximum Gasteiger partial charge on any atom is 0.140 e. The van der Waals surface area contributed by atoms with Crippen LogP contribution in [0.2, 0.25) is 0 Å². The monoisotopic (exact) mass is 296 g/mol. The molecule has 4 heteroatoms. The molecule has 0 saturated carbocycles. The molecule has 106 valence electrons. The van der Waals surface area contributed by atoms with E-state index in [-0.39, 0.29) is 0 Å². The van der Waals surface area contributed by atoms with E-state index in [1.165, 1.54) is 48.2 Å². The van der Waals surface area contributed by atoms with Gasteiger partial charge in [-0.05, 0) is 36.4 Å². The second kappa shape index (κ2) is 7.46. The zero-order valence-corrected chi connectivity index (χ0v) is 13.5. The van der Waals surface area contributed by atoms with E-state index >= 15 is 0 Å². The van der Waals surface area contributed by atoms with Crippen molar-refractivity contribution in [2.24, 2.45) is 11.1 Å². The lowest BCUT2D eigenvalue weighted by atomic mass is 9.99. The van der Waals surface area contributed by atoms with Gasteiger partial charge in [0.25, 0.3) is 0 Å². The van der Waals surface area contributed by atoms with Crippen LogP contribution in [0, 0.1) is 5.92 Å². The third kappa shape index (κ3) is 3.61. The molecule has 0 aliphatic carbocycles. The molecule has 0 fully saturated rings. The summed E-state index contributed by atoms with van der Waals surface area (Å²) in [6.45, 7) is 5.71. The van der Waals surface area contributed by atoms with Crippen LogP contribution in [0.1, 0.15) is 39.5 Å². The molecule has 19 heavy (non-hydrogen) atoms. The lowest BCUT2D eigenvalue weighted by Gasteiger charge is -2.29. The van der Waals surface area contributed by atoms with Gasteiger partial charge in [0.15, 0.2) is 0 Å². The van der Waals surface area contributed by atoms with Crippen molar-refractivity contribution < 1.29 is 0 Å². The summed E-state index contributed by atoms with van der Waals surface area (Å²) in [4.78, 5) is 3.87. The second-order valence-electron chi connectivity index (χ2n) is 5.10. The number of anilines is 1. The molecular weight excluding hydrogens is 272 g/mol. The fourth-order valence-electron chi connectivity index (χ4n) is 2.56. The number of thioether (sulfide) groups is 1. The third-order valence-electron chi connectivity index (χ3n) is 3.77. The molecule has 1 aromatic carbocycles. The van der Waals surface area contributed by atoms with Gasteiger partial charge in [0.05, 0.1) is 5.69 Å². The van der Waals surface area contributed by atoms with Crippen LogP contribution in [0.3, 0.4) is 0 Å². The van der Waals surface area contributed by atoms with Gasteiger partial charge < -0.3 is 4.90 Å². The Kier molecular flexibility index (Phi) is 5.92. The Hall–Kier alpha value is -0.320. The quantitative estimate of drug-likeness (QED) is 0.738. The zero-order chi connectivity index (χ0) is 13.7. The molecule has 0 aromatic heterocycles. The van der Waals surface area contributed by atoms with Gasteiger partial charge in [-0.3, -0.25) is 5.14 Å². The molecule has 1 aromatic rings. The number of hydrogen-bond acceptors (Lipinski definition) is 4. The number of unbranched alkanes of at least 4 members (excludes halogenated alkanes) is 1. The number of fused-ring (bicyclic) bond motifs is 1. The molecule has 1 aliphatic heterocycles. The van der Waals surface area contributed by atoms with Crippen LogP contribution in [0.4, 0.5) is 5.69 Å². The Morgan fingerprint density at radius 2 is 2.16 bits per heavy atom. The summed E-state index contributed by atoms with van der Waals surface area (Å²) in [5, 5.41) is 5.88. The minimum atomic E-state index is 0.341. The molecule has 2 unspecified atom stereocenters. The Labute approximate surface area is 125 Å². The molecule has 0 bridgehead atoms. The molecule has 2 atom stereocenters. The SMILES string of the molecule is CCCCC(CC)CN1c2ccccc2SC1SN. The molecular formula is C15H24N2S2. The highest BCUT2D eigenvalue weighted by Crippen LogP contribution is 2.46. The van der Waals surface area contributed by atoms with Crippen LogP contribution in [-0.2, 0) is 0 Å². The van der Waals surface area contributed by atoms with Crippen molar-refractivity contribution in [2.45, 2.75) is 49.1 Å². The summed E-state index contributed by atoms with van der Waals surface area (Å²) >= 11 is 3.35. The number of hydrogen-bond donors (Lipinski definition) is 1. The first-order valence-corrected chi connectivity index (χ1v) is 9.00. The summed E-state index contributed by atoms with van der Waals surface area (Å²) in [6.07, 6.45) is 5.21. The summed E-state index contributed by atoms with van der Waals surface area (Å²) in [5.74, 6) is 0.779. The summed E-state index contributed by atoms with van der Waals surface area (Å²) < 4.78 is 0.341.